The normalized spacial score (nSPS) is 16.1. The molecule has 21 heavy (non-hydrogen) atoms. The van der Waals surface area contributed by atoms with E-state index in [0.717, 1.165) is 31.1 Å². The largest absolute Gasteiger partial charge is 0.314 e. The van der Waals surface area contributed by atoms with Gasteiger partial charge >= 0.3 is 0 Å². The van der Waals surface area contributed by atoms with E-state index in [4.69, 9.17) is 0 Å². The van der Waals surface area contributed by atoms with Gasteiger partial charge in [-0.3, -0.25) is 0 Å². The van der Waals surface area contributed by atoms with Crippen LogP contribution >= 0.6 is 11.3 Å². The molecule has 0 radical (unpaired) electrons. The first-order valence-corrected chi connectivity index (χ1v) is 8.77. The van der Waals surface area contributed by atoms with Gasteiger partial charge in [-0.2, -0.15) is 0 Å². The van der Waals surface area contributed by atoms with Gasteiger partial charge in [-0.05, 0) is 56.7 Å². The van der Waals surface area contributed by atoms with E-state index in [1.807, 2.05) is 0 Å². The van der Waals surface area contributed by atoms with Gasteiger partial charge < -0.3 is 5.32 Å². The number of benzene rings is 1. The smallest absolute Gasteiger partial charge is 0.0931 e. The molecule has 1 fully saturated rings. The monoisotopic (exact) mass is 300 g/mol. The van der Waals surface area contributed by atoms with Crippen molar-refractivity contribution in [2.75, 3.05) is 6.54 Å². The molecule has 1 saturated carbocycles. The van der Waals surface area contributed by atoms with Crippen molar-refractivity contribution in [3.05, 3.63) is 51.5 Å². The summed E-state index contributed by atoms with van der Waals surface area (Å²) in [6.45, 7) is 5.41. The zero-order valence-electron chi connectivity index (χ0n) is 12.9. The maximum Gasteiger partial charge on any atom is 0.0931 e. The van der Waals surface area contributed by atoms with Crippen LogP contribution in [0.4, 0.5) is 0 Å². The van der Waals surface area contributed by atoms with Crippen LogP contribution in [0.1, 0.15) is 34.7 Å². The average Bonchev–Trinajstić information content (AvgIpc) is 3.21. The number of rotatable bonds is 7. The van der Waals surface area contributed by atoms with Crippen LogP contribution < -0.4 is 5.32 Å². The Hall–Kier alpha value is -1.19. The number of hydrogen-bond donors (Lipinski definition) is 1. The molecule has 1 aromatic heterocycles. The second-order valence-corrected chi connectivity index (χ2v) is 7.21. The van der Waals surface area contributed by atoms with E-state index < -0.39 is 0 Å². The Kier molecular flexibility index (Phi) is 4.71. The average molecular weight is 300 g/mol. The van der Waals surface area contributed by atoms with Gasteiger partial charge in [-0.25, -0.2) is 4.98 Å². The van der Waals surface area contributed by atoms with E-state index in [-0.39, 0.29) is 0 Å². The van der Waals surface area contributed by atoms with Crippen molar-refractivity contribution in [3.8, 4) is 0 Å². The summed E-state index contributed by atoms with van der Waals surface area (Å²) in [6, 6.07) is 9.55. The Balaban J connectivity index is 1.67. The number of aryl methyl sites for hydroxylation is 2. The molecule has 0 saturated heterocycles. The summed E-state index contributed by atoms with van der Waals surface area (Å²) in [5, 5.41) is 7.14. The van der Waals surface area contributed by atoms with Gasteiger partial charge in [0.1, 0.15) is 0 Å². The molecule has 1 aromatic carbocycles. The Bertz CT molecular complexity index is 586. The minimum Gasteiger partial charge on any atom is -0.314 e. The zero-order valence-corrected chi connectivity index (χ0v) is 13.7. The van der Waals surface area contributed by atoms with Gasteiger partial charge in [0.2, 0.25) is 0 Å². The molecule has 0 aliphatic heterocycles. The van der Waals surface area contributed by atoms with Gasteiger partial charge in [0.05, 0.1) is 5.01 Å². The first-order chi connectivity index (χ1) is 10.2. The van der Waals surface area contributed by atoms with E-state index >= 15 is 0 Å². The number of hydrogen-bond acceptors (Lipinski definition) is 3. The van der Waals surface area contributed by atoms with E-state index in [2.05, 4.69) is 53.8 Å². The van der Waals surface area contributed by atoms with E-state index in [9.17, 15) is 0 Å². The summed E-state index contributed by atoms with van der Waals surface area (Å²) in [4.78, 5) is 4.65. The second-order valence-electron chi connectivity index (χ2n) is 6.27. The van der Waals surface area contributed by atoms with Crippen molar-refractivity contribution in [2.45, 2.75) is 45.6 Å². The lowest BCUT2D eigenvalue weighted by Crippen LogP contribution is -2.27. The molecular weight excluding hydrogens is 276 g/mol. The molecule has 1 N–H and O–H groups in total. The fourth-order valence-electron chi connectivity index (χ4n) is 2.73. The topological polar surface area (TPSA) is 24.9 Å². The maximum absolute atomic E-state index is 4.65. The van der Waals surface area contributed by atoms with Crippen LogP contribution in [0.2, 0.25) is 0 Å². The first-order valence-electron chi connectivity index (χ1n) is 7.89. The van der Waals surface area contributed by atoms with E-state index in [0.29, 0.717) is 5.92 Å². The maximum atomic E-state index is 4.65. The lowest BCUT2D eigenvalue weighted by atomic mass is 9.93. The molecule has 2 nitrogen and oxygen atoms in total. The van der Waals surface area contributed by atoms with Crippen LogP contribution in [0.15, 0.2) is 29.6 Å². The fraction of sp³-hybridized carbons (Fsp3) is 0.500. The highest BCUT2D eigenvalue weighted by Crippen LogP contribution is 2.22. The third-order valence-corrected chi connectivity index (χ3v) is 5.16. The molecule has 1 aliphatic rings. The summed E-state index contributed by atoms with van der Waals surface area (Å²) in [7, 11) is 0. The van der Waals surface area contributed by atoms with Crippen molar-refractivity contribution < 1.29 is 0 Å². The molecule has 3 heteroatoms. The molecule has 1 heterocycles. The lowest BCUT2D eigenvalue weighted by molar-refractivity contribution is 0.467. The van der Waals surface area contributed by atoms with Gasteiger partial charge in [-0.15, -0.1) is 11.3 Å². The summed E-state index contributed by atoms with van der Waals surface area (Å²) in [5.41, 5.74) is 4.04. The van der Waals surface area contributed by atoms with Crippen LogP contribution in [0.25, 0.3) is 0 Å². The standard InChI is InChI=1S/C18H24N2S/c1-13-5-3-4-6-16(13)9-15(11-19-17-7-8-17)10-18-20-14(2)12-21-18/h3-6,12,15,17,19H,7-11H2,1-2H3. The van der Waals surface area contributed by atoms with Gasteiger partial charge in [0.25, 0.3) is 0 Å². The van der Waals surface area contributed by atoms with Crippen LogP contribution in [0.5, 0.6) is 0 Å². The molecule has 1 aliphatic carbocycles. The zero-order chi connectivity index (χ0) is 14.7. The predicted molar refractivity (Wildman–Crippen MR) is 90.0 cm³/mol. The van der Waals surface area contributed by atoms with Crippen molar-refractivity contribution in [3.63, 3.8) is 0 Å². The van der Waals surface area contributed by atoms with E-state index in [1.54, 1.807) is 11.3 Å². The third-order valence-electron chi connectivity index (χ3n) is 4.17. The summed E-state index contributed by atoms with van der Waals surface area (Å²) in [5.74, 6) is 0.636. The van der Waals surface area contributed by atoms with Crippen LogP contribution in [0, 0.1) is 19.8 Å². The first kappa shape index (κ1) is 14.7. The van der Waals surface area contributed by atoms with Crippen LogP contribution in [0.3, 0.4) is 0 Å². The highest BCUT2D eigenvalue weighted by atomic mass is 32.1. The SMILES string of the molecule is Cc1csc(CC(CNC2CC2)Cc2ccccc2C)n1. The molecule has 3 rings (SSSR count). The lowest BCUT2D eigenvalue weighted by Gasteiger charge is -2.18. The number of thiazole rings is 1. The Morgan fingerprint density at radius 3 is 2.71 bits per heavy atom. The van der Waals surface area contributed by atoms with Gasteiger partial charge in [-0.1, -0.05) is 24.3 Å². The van der Waals surface area contributed by atoms with Crippen molar-refractivity contribution in [1.82, 2.24) is 10.3 Å². The number of aromatic nitrogens is 1. The van der Waals surface area contributed by atoms with Crippen molar-refractivity contribution in [2.24, 2.45) is 5.92 Å². The fourth-order valence-corrected chi connectivity index (χ4v) is 3.62. The highest BCUT2D eigenvalue weighted by Gasteiger charge is 2.22. The Morgan fingerprint density at radius 2 is 2.05 bits per heavy atom. The number of nitrogens with one attached hydrogen (secondary N) is 1. The van der Waals surface area contributed by atoms with Crippen molar-refractivity contribution >= 4 is 11.3 Å². The Morgan fingerprint density at radius 1 is 1.24 bits per heavy atom. The minimum absolute atomic E-state index is 0.636. The molecule has 2 aromatic rings. The van der Waals surface area contributed by atoms with Crippen LogP contribution in [-0.2, 0) is 12.8 Å². The molecule has 112 valence electrons. The summed E-state index contributed by atoms with van der Waals surface area (Å²) < 4.78 is 0. The highest BCUT2D eigenvalue weighted by molar-refractivity contribution is 7.09. The van der Waals surface area contributed by atoms with Crippen molar-refractivity contribution in [1.29, 1.82) is 0 Å². The Labute approximate surface area is 131 Å². The number of nitrogens with zero attached hydrogens (tertiary/aromatic N) is 1. The molecule has 0 spiro atoms. The molecular formula is C18H24N2S. The quantitative estimate of drug-likeness (QED) is 0.838. The second kappa shape index (κ2) is 6.71. The predicted octanol–water partition coefficient (Wildman–Crippen LogP) is 3.91. The van der Waals surface area contributed by atoms with Gasteiger partial charge in [0, 0.05) is 23.5 Å². The molecule has 0 amide bonds. The minimum atomic E-state index is 0.636. The van der Waals surface area contributed by atoms with Gasteiger partial charge in [0.15, 0.2) is 0 Å². The summed E-state index contributed by atoms with van der Waals surface area (Å²) in [6.07, 6.45) is 4.94. The van der Waals surface area contributed by atoms with Crippen LogP contribution in [-0.4, -0.2) is 17.6 Å². The molecule has 0 bridgehead atoms. The summed E-state index contributed by atoms with van der Waals surface area (Å²) >= 11 is 1.80. The third kappa shape index (κ3) is 4.39. The molecule has 1 atom stereocenters. The molecule has 1 unspecified atom stereocenters. The van der Waals surface area contributed by atoms with E-state index in [1.165, 1.54) is 29.0 Å².